The van der Waals surface area contributed by atoms with E-state index in [1.165, 1.54) is 11.3 Å². The summed E-state index contributed by atoms with van der Waals surface area (Å²) < 4.78 is 0. The highest BCUT2D eigenvalue weighted by molar-refractivity contribution is 7.10. The molecule has 0 saturated carbocycles. The van der Waals surface area contributed by atoms with Crippen LogP contribution in [0.2, 0.25) is 0 Å². The van der Waals surface area contributed by atoms with Crippen LogP contribution in [0.5, 0.6) is 0 Å². The Morgan fingerprint density at radius 1 is 1.22 bits per heavy atom. The number of aliphatic hydroxyl groups is 1. The molecule has 2 rings (SSSR count). The number of hydrogen-bond donors (Lipinski definition) is 2. The van der Waals surface area contributed by atoms with E-state index < -0.39 is 6.10 Å². The first-order valence-corrected chi connectivity index (χ1v) is 6.70. The number of thiophene rings is 1. The van der Waals surface area contributed by atoms with Crippen molar-refractivity contribution >= 4 is 17.2 Å². The van der Waals surface area contributed by atoms with Gasteiger partial charge in [0.05, 0.1) is 6.10 Å². The van der Waals surface area contributed by atoms with Crippen molar-refractivity contribution in [2.45, 2.75) is 12.5 Å². The van der Waals surface area contributed by atoms with Crippen LogP contribution >= 0.6 is 11.3 Å². The second kappa shape index (κ2) is 6.33. The summed E-state index contributed by atoms with van der Waals surface area (Å²) in [5.41, 5.74) is 0.642. The average Bonchev–Trinajstić information content (AvgIpc) is 2.93. The molecule has 0 aliphatic carbocycles. The summed E-state index contributed by atoms with van der Waals surface area (Å²) in [7, 11) is 0. The van der Waals surface area contributed by atoms with Gasteiger partial charge in [0.25, 0.3) is 5.91 Å². The van der Waals surface area contributed by atoms with Crippen LogP contribution in [0.25, 0.3) is 0 Å². The molecule has 0 fully saturated rings. The molecule has 4 heteroatoms. The second-order valence-corrected chi connectivity index (χ2v) is 4.92. The Balaban J connectivity index is 1.77. The summed E-state index contributed by atoms with van der Waals surface area (Å²) in [5, 5.41) is 14.6. The number of aliphatic hydroxyl groups excluding tert-OH is 1. The van der Waals surface area contributed by atoms with Gasteiger partial charge < -0.3 is 10.4 Å². The molecule has 18 heavy (non-hydrogen) atoms. The molecule has 0 bridgehead atoms. The van der Waals surface area contributed by atoms with Crippen LogP contribution in [0.3, 0.4) is 0 Å². The van der Waals surface area contributed by atoms with Crippen molar-refractivity contribution in [1.82, 2.24) is 5.32 Å². The van der Waals surface area contributed by atoms with Gasteiger partial charge in [-0.15, -0.1) is 11.3 Å². The number of hydrogen-bond acceptors (Lipinski definition) is 3. The molecule has 0 radical (unpaired) electrons. The number of benzene rings is 1. The van der Waals surface area contributed by atoms with E-state index in [4.69, 9.17) is 0 Å². The first-order chi connectivity index (χ1) is 8.77. The fourth-order valence-corrected chi connectivity index (χ4v) is 2.38. The third-order valence-corrected chi connectivity index (χ3v) is 3.58. The van der Waals surface area contributed by atoms with Gasteiger partial charge in [-0.1, -0.05) is 24.3 Å². The highest BCUT2D eigenvalue weighted by Crippen LogP contribution is 2.20. The Hall–Kier alpha value is -1.65. The molecule has 0 spiro atoms. The van der Waals surface area contributed by atoms with Crippen molar-refractivity contribution in [1.29, 1.82) is 0 Å². The lowest BCUT2D eigenvalue weighted by Gasteiger charge is -2.09. The maximum Gasteiger partial charge on any atom is 0.251 e. The Morgan fingerprint density at radius 2 is 2.00 bits per heavy atom. The van der Waals surface area contributed by atoms with Crippen LogP contribution in [0.4, 0.5) is 0 Å². The lowest BCUT2D eigenvalue weighted by molar-refractivity contribution is 0.0943. The maximum atomic E-state index is 11.7. The smallest absolute Gasteiger partial charge is 0.251 e. The summed E-state index contributed by atoms with van der Waals surface area (Å²) in [6.07, 6.45) is 0.0279. The highest BCUT2D eigenvalue weighted by Gasteiger charge is 2.09. The van der Waals surface area contributed by atoms with E-state index in [0.717, 1.165) is 4.88 Å². The van der Waals surface area contributed by atoms with E-state index in [9.17, 15) is 9.90 Å². The zero-order chi connectivity index (χ0) is 12.8. The first-order valence-electron chi connectivity index (χ1n) is 5.82. The zero-order valence-electron chi connectivity index (χ0n) is 9.87. The number of rotatable bonds is 5. The van der Waals surface area contributed by atoms with Crippen LogP contribution in [0.1, 0.15) is 27.8 Å². The van der Waals surface area contributed by atoms with Crippen LogP contribution in [0.15, 0.2) is 47.8 Å². The minimum Gasteiger partial charge on any atom is -0.388 e. The standard InChI is InChI=1S/C14H15NO2S/c16-12(13-7-4-10-18-13)8-9-15-14(17)11-5-2-1-3-6-11/h1-7,10,12,16H,8-9H2,(H,15,17). The third-order valence-electron chi connectivity index (χ3n) is 2.61. The molecular weight excluding hydrogens is 246 g/mol. The molecule has 94 valence electrons. The molecule has 1 unspecified atom stereocenters. The molecule has 1 heterocycles. The van der Waals surface area contributed by atoms with E-state index in [-0.39, 0.29) is 5.91 Å². The number of carbonyl (C=O) groups is 1. The van der Waals surface area contributed by atoms with Crippen LogP contribution < -0.4 is 5.32 Å². The van der Waals surface area contributed by atoms with E-state index in [0.29, 0.717) is 18.5 Å². The minimum absolute atomic E-state index is 0.103. The Kier molecular flexibility index (Phi) is 4.50. The van der Waals surface area contributed by atoms with Gasteiger partial charge in [-0.2, -0.15) is 0 Å². The van der Waals surface area contributed by atoms with Gasteiger partial charge in [0.1, 0.15) is 0 Å². The second-order valence-electron chi connectivity index (χ2n) is 3.94. The van der Waals surface area contributed by atoms with Crippen LogP contribution in [-0.4, -0.2) is 17.6 Å². The summed E-state index contributed by atoms with van der Waals surface area (Å²) in [4.78, 5) is 12.7. The van der Waals surface area contributed by atoms with Crippen molar-refractivity contribution in [3.05, 3.63) is 58.3 Å². The summed E-state index contributed by atoms with van der Waals surface area (Å²) in [6, 6.07) is 12.9. The molecule has 2 aromatic rings. The van der Waals surface area contributed by atoms with Crippen LogP contribution in [0, 0.1) is 0 Å². The Bertz CT molecular complexity index is 482. The molecule has 1 aromatic carbocycles. The largest absolute Gasteiger partial charge is 0.388 e. The average molecular weight is 261 g/mol. The van der Waals surface area contributed by atoms with Crippen molar-refractivity contribution in [3.63, 3.8) is 0 Å². The molecule has 0 aliphatic rings. The van der Waals surface area contributed by atoms with Crippen molar-refractivity contribution in [2.24, 2.45) is 0 Å². The minimum atomic E-state index is -0.499. The van der Waals surface area contributed by atoms with E-state index >= 15 is 0 Å². The van der Waals surface area contributed by atoms with E-state index in [1.54, 1.807) is 12.1 Å². The van der Waals surface area contributed by atoms with E-state index in [1.807, 2.05) is 35.7 Å². The van der Waals surface area contributed by atoms with Gasteiger partial charge in [-0.05, 0) is 30.0 Å². The third kappa shape index (κ3) is 3.42. The van der Waals surface area contributed by atoms with Gasteiger partial charge in [-0.3, -0.25) is 4.79 Å². The number of carbonyl (C=O) groups excluding carboxylic acids is 1. The molecular formula is C14H15NO2S. The molecule has 3 nitrogen and oxygen atoms in total. The predicted molar refractivity (Wildman–Crippen MR) is 72.7 cm³/mol. The maximum absolute atomic E-state index is 11.7. The molecule has 1 atom stereocenters. The van der Waals surface area contributed by atoms with Gasteiger partial charge in [-0.25, -0.2) is 0 Å². The van der Waals surface area contributed by atoms with E-state index in [2.05, 4.69) is 5.32 Å². The normalized spacial score (nSPS) is 12.1. The van der Waals surface area contributed by atoms with Gasteiger partial charge in [0, 0.05) is 17.0 Å². The molecule has 1 aromatic heterocycles. The van der Waals surface area contributed by atoms with Gasteiger partial charge in [0.2, 0.25) is 0 Å². The predicted octanol–water partition coefficient (Wildman–Crippen LogP) is 2.60. The lowest BCUT2D eigenvalue weighted by atomic mass is 10.2. The van der Waals surface area contributed by atoms with Crippen molar-refractivity contribution < 1.29 is 9.90 Å². The summed E-state index contributed by atoms with van der Waals surface area (Å²) in [6.45, 7) is 0.465. The summed E-state index contributed by atoms with van der Waals surface area (Å²) in [5.74, 6) is -0.103. The lowest BCUT2D eigenvalue weighted by Crippen LogP contribution is -2.25. The van der Waals surface area contributed by atoms with Crippen molar-refractivity contribution in [3.8, 4) is 0 Å². The van der Waals surface area contributed by atoms with Crippen LogP contribution in [-0.2, 0) is 0 Å². The van der Waals surface area contributed by atoms with Gasteiger partial charge >= 0.3 is 0 Å². The highest BCUT2D eigenvalue weighted by atomic mass is 32.1. The Morgan fingerprint density at radius 3 is 2.67 bits per heavy atom. The fourth-order valence-electron chi connectivity index (χ4n) is 1.64. The van der Waals surface area contributed by atoms with Crippen molar-refractivity contribution in [2.75, 3.05) is 6.54 Å². The number of nitrogens with one attached hydrogen (secondary N) is 1. The molecule has 0 aliphatic heterocycles. The topological polar surface area (TPSA) is 49.3 Å². The SMILES string of the molecule is O=C(NCCC(O)c1cccs1)c1ccccc1. The van der Waals surface area contributed by atoms with Gasteiger partial charge in [0.15, 0.2) is 0 Å². The Labute approximate surface area is 110 Å². The fraction of sp³-hybridized carbons (Fsp3) is 0.214. The summed E-state index contributed by atoms with van der Waals surface area (Å²) >= 11 is 1.52. The quantitative estimate of drug-likeness (QED) is 0.869. The molecule has 2 N–H and O–H groups in total. The molecule has 1 amide bonds. The number of amides is 1. The molecule has 0 saturated heterocycles. The zero-order valence-corrected chi connectivity index (χ0v) is 10.7. The first kappa shape index (κ1) is 12.8. The monoisotopic (exact) mass is 261 g/mol.